The molecule has 0 aromatic carbocycles. The number of rotatable bonds is 7. The number of aromatic nitrogens is 5. The van der Waals surface area contributed by atoms with Gasteiger partial charge in [-0.2, -0.15) is 4.98 Å². The largest absolute Gasteiger partial charge is 0.380 e. The number of aliphatic imine (C=N–C) groups is 1. The Labute approximate surface area is 196 Å². The smallest absolute Gasteiger partial charge is 0.246 e. The summed E-state index contributed by atoms with van der Waals surface area (Å²) >= 11 is 0. The maximum absolute atomic E-state index is 13.3. The van der Waals surface area contributed by atoms with Crippen LogP contribution in [0.4, 0.5) is 11.8 Å². The van der Waals surface area contributed by atoms with Crippen molar-refractivity contribution in [3.05, 3.63) is 54.3 Å². The van der Waals surface area contributed by atoms with Crippen molar-refractivity contribution in [2.45, 2.75) is 37.8 Å². The molecular formula is C24H26N8O2. The number of ether oxygens (including phenoxy) is 1. The minimum atomic E-state index is -0.405. The minimum Gasteiger partial charge on any atom is -0.380 e. The molecule has 6 rings (SSSR count). The van der Waals surface area contributed by atoms with Crippen molar-refractivity contribution in [2.24, 2.45) is 10.9 Å². The number of Topliss-reactive ketones (excluding diaryl/α,β-unsaturated/α-hetero) is 1. The van der Waals surface area contributed by atoms with E-state index in [2.05, 4.69) is 26.4 Å². The molecule has 1 saturated carbocycles. The van der Waals surface area contributed by atoms with Crippen LogP contribution in [0.2, 0.25) is 0 Å². The lowest BCUT2D eigenvalue weighted by molar-refractivity contribution is -0.119. The molecule has 2 aliphatic heterocycles. The van der Waals surface area contributed by atoms with Crippen LogP contribution in [-0.2, 0) is 16.0 Å². The molecule has 2 fully saturated rings. The molecule has 174 valence electrons. The third-order valence-electron chi connectivity index (χ3n) is 6.68. The van der Waals surface area contributed by atoms with Crippen molar-refractivity contribution in [3.8, 4) is 0 Å². The molecule has 0 unspecified atom stereocenters. The Hall–Kier alpha value is -3.66. The first-order valence-corrected chi connectivity index (χ1v) is 11.6. The van der Waals surface area contributed by atoms with E-state index in [1.807, 2.05) is 23.2 Å². The number of anilines is 2. The number of nitrogens with zero attached hydrogens (tertiary/aromatic N) is 7. The number of hydrogen-bond acceptors (Lipinski definition) is 9. The van der Waals surface area contributed by atoms with Crippen molar-refractivity contribution < 1.29 is 9.53 Å². The Morgan fingerprint density at radius 3 is 3.00 bits per heavy atom. The fourth-order valence-corrected chi connectivity index (χ4v) is 4.69. The van der Waals surface area contributed by atoms with E-state index in [0.29, 0.717) is 36.3 Å². The first-order chi connectivity index (χ1) is 16.7. The minimum absolute atomic E-state index is 0.0444. The summed E-state index contributed by atoms with van der Waals surface area (Å²) in [6.45, 7) is 1.29. The van der Waals surface area contributed by atoms with Gasteiger partial charge in [0, 0.05) is 44.9 Å². The number of carbonyl (C=O) groups excluding carboxylic acids is 1. The zero-order chi connectivity index (χ0) is 23.1. The highest BCUT2D eigenvalue weighted by Gasteiger charge is 2.39. The highest BCUT2D eigenvalue weighted by molar-refractivity contribution is 6.07. The van der Waals surface area contributed by atoms with Crippen LogP contribution in [0.1, 0.15) is 25.0 Å². The highest BCUT2D eigenvalue weighted by Crippen LogP contribution is 2.38. The lowest BCUT2D eigenvalue weighted by atomic mass is 10.1. The number of fused-ring (bicyclic) bond motifs is 1. The first kappa shape index (κ1) is 20.9. The molecule has 1 N–H and O–H groups in total. The molecule has 3 aromatic heterocycles. The molecule has 34 heavy (non-hydrogen) atoms. The second-order valence-electron chi connectivity index (χ2n) is 9.02. The first-order valence-electron chi connectivity index (χ1n) is 11.6. The zero-order valence-corrected chi connectivity index (χ0v) is 19.0. The molecule has 0 spiro atoms. The van der Waals surface area contributed by atoms with Gasteiger partial charge in [0.2, 0.25) is 5.95 Å². The second kappa shape index (κ2) is 8.60. The van der Waals surface area contributed by atoms with Gasteiger partial charge in [-0.25, -0.2) is 4.52 Å². The van der Waals surface area contributed by atoms with Gasteiger partial charge in [0.05, 0.1) is 30.8 Å². The summed E-state index contributed by atoms with van der Waals surface area (Å²) in [4.78, 5) is 33.1. The van der Waals surface area contributed by atoms with E-state index in [4.69, 9.17) is 14.8 Å². The summed E-state index contributed by atoms with van der Waals surface area (Å²) in [6, 6.07) is 3.49. The SMILES string of the molecule is CO[C@@H]1C[C@@H](C(=O)Cc2cnccn2)N(c2nc(NC3=NCC(C4CC4)=C3)c3cccn3n2)C1. The lowest BCUT2D eigenvalue weighted by Crippen LogP contribution is -2.38. The van der Waals surface area contributed by atoms with Gasteiger partial charge in [0.15, 0.2) is 11.6 Å². The van der Waals surface area contributed by atoms with Crippen LogP contribution in [0.25, 0.3) is 5.52 Å². The molecule has 0 bridgehead atoms. The Kier molecular flexibility index (Phi) is 5.29. The van der Waals surface area contributed by atoms with Crippen molar-refractivity contribution in [2.75, 3.05) is 30.4 Å². The summed E-state index contributed by atoms with van der Waals surface area (Å²) < 4.78 is 7.40. The van der Waals surface area contributed by atoms with Crippen LogP contribution < -0.4 is 10.2 Å². The van der Waals surface area contributed by atoms with Gasteiger partial charge in [-0.15, -0.1) is 5.10 Å². The van der Waals surface area contributed by atoms with Crippen molar-refractivity contribution in [1.29, 1.82) is 0 Å². The second-order valence-corrected chi connectivity index (χ2v) is 9.02. The molecular weight excluding hydrogens is 432 g/mol. The highest BCUT2D eigenvalue weighted by atomic mass is 16.5. The molecule has 0 amide bonds. The van der Waals surface area contributed by atoms with Crippen molar-refractivity contribution in [1.82, 2.24) is 24.6 Å². The molecule has 3 aliphatic rings. The molecule has 2 atom stereocenters. The Morgan fingerprint density at radius 1 is 1.29 bits per heavy atom. The summed E-state index contributed by atoms with van der Waals surface area (Å²) in [7, 11) is 1.67. The molecule has 10 nitrogen and oxygen atoms in total. The van der Waals surface area contributed by atoms with E-state index < -0.39 is 6.04 Å². The van der Waals surface area contributed by atoms with E-state index in [1.165, 1.54) is 18.4 Å². The molecule has 1 saturated heterocycles. The monoisotopic (exact) mass is 458 g/mol. The number of ketones is 1. The Balaban J connectivity index is 1.30. The van der Waals surface area contributed by atoms with Crippen molar-refractivity contribution >= 4 is 28.9 Å². The quantitative estimate of drug-likeness (QED) is 0.573. The number of nitrogens with one attached hydrogen (secondary N) is 1. The van der Waals surface area contributed by atoms with Gasteiger partial charge >= 0.3 is 0 Å². The van der Waals surface area contributed by atoms with Gasteiger partial charge < -0.3 is 15.0 Å². The van der Waals surface area contributed by atoms with Gasteiger partial charge in [-0.3, -0.25) is 19.8 Å². The summed E-state index contributed by atoms with van der Waals surface area (Å²) in [5.74, 6) is 2.70. The summed E-state index contributed by atoms with van der Waals surface area (Å²) in [5, 5.41) is 8.11. The normalized spacial score (nSPS) is 22.2. The predicted octanol–water partition coefficient (Wildman–Crippen LogP) is 2.09. The van der Waals surface area contributed by atoms with Gasteiger partial charge in [-0.1, -0.05) is 0 Å². The average molecular weight is 459 g/mol. The van der Waals surface area contributed by atoms with E-state index in [-0.39, 0.29) is 18.3 Å². The average Bonchev–Trinajstić information content (AvgIpc) is 3.24. The van der Waals surface area contributed by atoms with E-state index >= 15 is 0 Å². The maximum Gasteiger partial charge on any atom is 0.246 e. The molecule has 10 heteroatoms. The van der Waals surface area contributed by atoms with Crippen LogP contribution in [0.5, 0.6) is 0 Å². The van der Waals surface area contributed by atoms with E-state index in [1.54, 1.807) is 30.2 Å². The van der Waals surface area contributed by atoms with Crippen molar-refractivity contribution in [3.63, 3.8) is 0 Å². The van der Waals surface area contributed by atoms with Gasteiger partial charge in [0.25, 0.3) is 0 Å². The summed E-state index contributed by atoms with van der Waals surface area (Å²) in [6.07, 6.45) is 12.1. The third-order valence-corrected chi connectivity index (χ3v) is 6.68. The van der Waals surface area contributed by atoms with Gasteiger partial charge in [0.1, 0.15) is 11.4 Å². The number of hydrogen-bond donors (Lipinski definition) is 1. The number of amidine groups is 1. The molecule has 0 radical (unpaired) electrons. The van der Waals surface area contributed by atoms with Crippen LogP contribution in [0.15, 0.2) is 53.6 Å². The zero-order valence-electron chi connectivity index (χ0n) is 19.0. The topological polar surface area (TPSA) is 110 Å². The Morgan fingerprint density at radius 2 is 2.21 bits per heavy atom. The third kappa shape index (κ3) is 4.05. The number of methoxy groups -OCH3 is 1. The van der Waals surface area contributed by atoms with Crippen LogP contribution in [0, 0.1) is 5.92 Å². The van der Waals surface area contributed by atoms with Gasteiger partial charge in [-0.05, 0) is 42.5 Å². The fraction of sp³-hybridized carbons (Fsp3) is 0.417. The molecule has 5 heterocycles. The standard InChI is InChI=1S/C24H26N8O2/c1-34-18-11-20(21(33)10-17-13-25-6-7-26-17)31(14-18)24-29-23(19-3-2-8-32(19)30-24)28-22-9-16(12-27-22)15-4-5-15/h2-3,6-9,13,15,18,20H,4-5,10-12,14H2,1H3,(H,27,28,29,30)/t18-,20+/m1/s1. The number of carbonyl (C=O) groups is 1. The summed E-state index contributed by atoms with van der Waals surface area (Å²) in [5.41, 5.74) is 2.89. The fourth-order valence-electron chi connectivity index (χ4n) is 4.69. The molecule has 1 aliphatic carbocycles. The maximum atomic E-state index is 13.3. The van der Waals surface area contributed by atoms with Crippen LogP contribution in [0.3, 0.4) is 0 Å². The van der Waals surface area contributed by atoms with Crippen LogP contribution in [-0.4, -0.2) is 68.5 Å². The van der Waals surface area contributed by atoms with Crippen LogP contribution >= 0.6 is 0 Å². The van der Waals surface area contributed by atoms with E-state index in [0.717, 1.165) is 17.9 Å². The predicted molar refractivity (Wildman–Crippen MR) is 127 cm³/mol. The lowest BCUT2D eigenvalue weighted by Gasteiger charge is -2.24. The molecule has 3 aromatic rings. The van der Waals surface area contributed by atoms with E-state index in [9.17, 15) is 4.79 Å². The Bertz CT molecular complexity index is 1280.